The SMILES string of the molecule is CCOC(=O)CCCCCCN1C(=O)CC[C@@H]1C=C[C@@H](OC(=O)Cc1ccc(C(=O)NCCCCCC(O)(P(=O)(O)O)P(=O)(O)O)cc1)C(F)(F)c1ccccc1. The van der Waals surface area contributed by atoms with Crippen molar-refractivity contribution in [2.45, 2.75) is 107 Å². The molecule has 2 amide bonds. The van der Waals surface area contributed by atoms with Crippen molar-refractivity contribution >= 4 is 38.9 Å². The molecule has 0 aliphatic carbocycles. The van der Waals surface area contributed by atoms with Crippen LogP contribution in [0.25, 0.3) is 0 Å². The molecule has 2 atom stereocenters. The van der Waals surface area contributed by atoms with Gasteiger partial charge in [0.15, 0.2) is 6.10 Å². The molecular formula is C38H52F2N2O13P2. The highest BCUT2D eigenvalue weighted by molar-refractivity contribution is 7.72. The number of carbonyl (C=O) groups excluding carboxylic acids is 4. The number of amides is 2. The van der Waals surface area contributed by atoms with Crippen molar-refractivity contribution in [1.29, 1.82) is 0 Å². The molecule has 0 aromatic heterocycles. The number of nitrogens with one attached hydrogen (secondary N) is 1. The predicted molar refractivity (Wildman–Crippen MR) is 204 cm³/mol. The van der Waals surface area contributed by atoms with E-state index in [1.807, 2.05) is 0 Å². The van der Waals surface area contributed by atoms with E-state index in [2.05, 4.69) is 5.32 Å². The van der Waals surface area contributed by atoms with Gasteiger partial charge in [-0.2, -0.15) is 8.78 Å². The van der Waals surface area contributed by atoms with E-state index >= 15 is 8.78 Å². The fourth-order valence-electron chi connectivity index (χ4n) is 6.23. The number of likely N-dealkylation sites (tertiary alicyclic amines) is 1. The quantitative estimate of drug-likeness (QED) is 0.0342. The van der Waals surface area contributed by atoms with Gasteiger partial charge in [-0.05, 0) is 69.2 Å². The molecule has 1 heterocycles. The molecule has 0 radical (unpaired) electrons. The van der Waals surface area contributed by atoms with E-state index in [0.717, 1.165) is 18.9 Å². The summed E-state index contributed by atoms with van der Waals surface area (Å²) in [5.74, 6) is -5.44. The summed E-state index contributed by atoms with van der Waals surface area (Å²) in [5, 5.41) is 9.06. The van der Waals surface area contributed by atoms with Gasteiger partial charge in [-0.15, -0.1) is 0 Å². The molecule has 0 bridgehead atoms. The number of unbranched alkanes of at least 4 members (excludes halogenated alkanes) is 5. The van der Waals surface area contributed by atoms with Crippen molar-refractivity contribution in [2.75, 3.05) is 19.7 Å². The van der Waals surface area contributed by atoms with Gasteiger partial charge in [0.05, 0.1) is 19.1 Å². The van der Waals surface area contributed by atoms with Gasteiger partial charge in [0, 0.05) is 37.1 Å². The Hall–Kier alpha value is -3.82. The van der Waals surface area contributed by atoms with Crippen LogP contribution in [0.1, 0.15) is 99.0 Å². The van der Waals surface area contributed by atoms with Crippen molar-refractivity contribution in [2.24, 2.45) is 0 Å². The number of hydrogen-bond acceptors (Lipinski definition) is 9. The molecule has 15 nitrogen and oxygen atoms in total. The molecule has 1 saturated heterocycles. The zero-order valence-corrected chi connectivity index (χ0v) is 33.5. The summed E-state index contributed by atoms with van der Waals surface area (Å²) in [6.45, 7) is 2.57. The molecule has 19 heteroatoms. The molecule has 1 aliphatic heterocycles. The number of alkyl halides is 2. The van der Waals surface area contributed by atoms with E-state index in [-0.39, 0.29) is 55.2 Å². The highest BCUT2D eigenvalue weighted by Gasteiger charge is 2.58. The zero-order chi connectivity index (χ0) is 42.3. The Morgan fingerprint density at radius 3 is 2.18 bits per heavy atom. The third kappa shape index (κ3) is 14.2. The Bertz CT molecular complexity index is 1750. The van der Waals surface area contributed by atoms with Gasteiger partial charge in [0.1, 0.15) is 0 Å². The molecule has 2 aromatic carbocycles. The van der Waals surface area contributed by atoms with Crippen LogP contribution in [0.15, 0.2) is 66.7 Å². The summed E-state index contributed by atoms with van der Waals surface area (Å²) >= 11 is 0. The number of halogens is 2. The first kappa shape index (κ1) is 47.6. The van der Waals surface area contributed by atoms with E-state index in [0.29, 0.717) is 44.4 Å². The molecule has 1 aliphatic rings. The minimum Gasteiger partial charge on any atom is -0.466 e. The Balaban J connectivity index is 1.56. The molecule has 316 valence electrons. The Morgan fingerprint density at radius 2 is 1.54 bits per heavy atom. The van der Waals surface area contributed by atoms with Crippen LogP contribution in [0.3, 0.4) is 0 Å². The van der Waals surface area contributed by atoms with E-state index in [1.54, 1.807) is 17.9 Å². The summed E-state index contributed by atoms with van der Waals surface area (Å²) in [5.41, 5.74) is 0.210. The van der Waals surface area contributed by atoms with Crippen LogP contribution in [0.4, 0.5) is 8.78 Å². The largest absolute Gasteiger partial charge is 0.466 e. The smallest absolute Gasteiger partial charge is 0.369 e. The van der Waals surface area contributed by atoms with E-state index in [1.165, 1.54) is 54.6 Å². The van der Waals surface area contributed by atoms with Crippen LogP contribution < -0.4 is 5.32 Å². The maximum atomic E-state index is 15.9. The molecule has 6 N–H and O–H groups in total. The standard InChI is InChI=1S/C38H52F2N2O13P2/c1-2-54-34(44)15-9-3-4-12-26-42-31(21-23-33(42)43)20-22-32(38(39,40)30-13-7-5-8-14-30)55-35(45)27-28-16-18-29(19-17-28)36(46)41-25-11-6-10-24-37(47,56(48,49)50)57(51,52)53/h5,7-8,13-14,16-20,22,31-32,47H,2-4,6,9-12,15,21,23-27H2,1H3,(H,41,46)(H2,48,49,50)(H2,51,52,53)/t31-,32+/m0/s1. The van der Waals surface area contributed by atoms with Crippen LogP contribution in [-0.4, -0.2) is 90.3 Å². The minimum atomic E-state index is -5.55. The summed E-state index contributed by atoms with van der Waals surface area (Å²) in [7, 11) is -11.1. The van der Waals surface area contributed by atoms with Gasteiger partial charge in [-0.3, -0.25) is 28.3 Å². The van der Waals surface area contributed by atoms with Crippen molar-refractivity contribution < 1.29 is 71.2 Å². The molecule has 0 saturated carbocycles. The average Bonchev–Trinajstić information content (AvgIpc) is 3.50. The molecule has 57 heavy (non-hydrogen) atoms. The predicted octanol–water partition coefficient (Wildman–Crippen LogP) is 5.29. The number of ether oxygens (including phenoxy) is 2. The normalized spacial score (nSPS) is 15.8. The molecule has 3 rings (SSSR count). The molecule has 2 aromatic rings. The maximum absolute atomic E-state index is 15.9. The molecule has 0 unspecified atom stereocenters. The first-order valence-electron chi connectivity index (χ1n) is 18.8. The third-order valence-corrected chi connectivity index (χ3v) is 13.3. The number of esters is 2. The van der Waals surface area contributed by atoms with Crippen molar-refractivity contribution in [1.82, 2.24) is 10.2 Å². The van der Waals surface area contributed by atoms with Crippen LogP contribution >= 0.6 is 15.2 Å². The molecule has 0 spiro atoms. The van der Waals surface area contributed by atoms with Gasteiger partial charge in [-0.25, -0.2) is 0 Å². The lowest BCUT2D eigenvalue weighted by molar-refractivity contribution is -0.167. The number of carbonyl (C=O) groups is 4. The summed E-state index contributed by atoms with van der Waals surface area (Å²) in [6.07, 6.45) is 3.48. The van der Waals surface area contributed by atoms with Gasteiger partial charge < -0.3 is 44.4 Å². The number of rotatable bonds is 24. The van der Waals surface area contributed by atoms with Gasteiger partial charge >= 0.3 is 33.1 Å². The van der Waals surface area contributed by atoms with Crippen LogP contribution in [0, 0.1) is 0 Å². The summed E-state index contributed by atoms with van der Waals surface area (Å²) in [6, 6.07) is 12.2. The Morgan fingerprint density at radius 1 is 0.912 bits per heavy atom. The van der Waals surface area contributed by atoms with E-state index < -0.39 is 63.1 Å². The maximum Gasteiger partial charge on any atom is 0.369 e. The highest BCUT2D eigenvalue weighted by Crippen LogP contribution is 2.69. The third-order valence-electron chi connectivity index (χ3n) is 9.46. The Kier molecular flexibility index (Phi) is 18.2. The first-order chi connectivity index (χ1) is 26.8. The lowest BCUT2D eigenvalue weighted by atomic mass is 10.0. The summed E-state index contributed by atoms with van der Waals surface area (Å²) in [4.78, 5) is 88.4. The molecular weight excluding hydrogens is 792 g/mol. The fourth-order valence-corrected chi connectivity index (χ4v) is 8.48. The lowest BCUT2D eigenvalue weighted by Crippen LogP contribution is -2.36. The monoisotopic (exact) mass is 844 g/mol. The van der Waals surface area contributed by atoms with Crippen LogP contribution in [-0.2, 0) is 45.3 Å². The second kappa shape index (κ2) is 21.8. The van der Waals surface area contributed by atoms with Crippen LogP contribution in [0.5, 0.6) is 0 Å². The van der Waals surface area contributed by atoms with Crippen molar-refractivity contribution in [3.05, 3.63) is 83.4 Å². The van der Waals surface area contributed by atoms with E-state index in [9.17, 15) is 53.0 Å². The van der Waals surface area contributed by atoms with Crippen molar-refractivity contribution in [3.8, 4) is 0 Å². The second-order valence-corrected chi connectivity index (χ2v) is 17.8. The van der Waals surface area contributed by atoms with Gasteiger partial charge in [0.25, 0.3) is 11.0 Å². The molecule has 1 fully saturated rings. The second-order valence-electron chi connectivity index (χ2n) is 13.7. The lowest BCUT2D eigenvalue weighted by Gasteiger charge is -2.29. The average molecular weight is 845 g/mol. The number of aliphatic hydroxyl groups is 1. The number of hydrogen-bond donors (Lipinski definition) is 6. The topological polar surface area (TPSA) is 237 Å². The number of benzene rings is 2. The van der Waals surface area contributed by atoms with Crippen LogP contribution in [0.2, 0.25) is 0 Å². The van der Waals surface area contributed by atoms with Gasteiger partial charge in [0.2, 0.25) is 5.91 Å². The highest BCUT2D eigenvalue weighted by atomic mass is 31.2. The zero-order valence-electron chi connectivity index (χ0n) is 31.7. The first-order valence-corrected chi connectivity index (χ1v) is 22.0. The summed E-state index contributed by atoms with van der Waals surface area (Å²) < 4.78 is 65.0. The minimum absolute atomic E-state index is 0.0903. The fraction of sp³-hybridized carbons (Fsp3) is 0.526. The van der Waals surface area contributed by atoms with Crippen molar-refractivity contribution in [3.63, 3.8) is 0 Å². The van der Waals surface area contributed by atoms with E-state index in [4.69, 9.17) is 9.47 Å². The number of nitrogens with zero attached hydrogens (tertiary/aromatic N) is 1. The Labute approximate surface area is 330 Å². The van der Waals surface area contributed by atoms with Gasteiger partial charge in [-0.1, -0.05) is 67.8 Å².